The Hall–Kier alpha value is -1.86. The zero-order valence-electron chi connectivity index (χ0n) is 11.9. The van der Waals surface area contributed by atoms with Gasteiger partial charge in [0.25, 0.3) is 0 Å². The van der Waals surface area contributed by atoms with Gasteiger partial charge in [-0.25, -0.2) is 22.0 Å². The molecule has 0 N–H and O–H groups in total. The van der Waals surface area contributed by atoms with E-state index in [9.17, 15) is 26.5 Å². The lowest BCUT2D eigenvalue weighted by Gasteiger charge is -2.08. The summed E-state index contributed by atoms with van der Waals surface area (Å²) in [7, 11) is 0. The van der Waals surface area contributed by atoms with Crippen molar-refractivity contribution in [2.24, 2.45) is 0 Å². The Bertz CT molecular complexity index is 714. The molecule has 0 saturated carbocycles. The van der Waals surface area contributed by atoms with Crippen molar-refractivity contribution >= 4 is 17.3 Å². The molecule has 0 aromatic heterocycles. The van der Waals surface area contributed by atoms with Crippen molar-refractivity contribution in [3.05, 3.63) is 75.4 Å². The fourth-order valence-corrected chi connectivity index (χ4v) is 2.80. The van der Waals surface area contributed by atoms with Crippen molar-refractivity contribution < 1.29 is 26.5 Å². The van der Waals surface area contributed by atoms with E-state index in [2.05, 4.69) is 0 Å². The van der Waals surface area contributed by atoms with Crippen molar-refractivity contribution in [2.45, 2.75) is 12.7 Å². The van der Waals surface area contributed by atoms with Gasteiger partial charge in [0.2, 0.25) is 0 Å². The zero-order chi connectivity index (χ0) is 17.1. The van der Waals surface area contributed by atoms with Crippen LogP contribution in [0.5, 0.6) is 0 Å². The zero-order valence-corrected chi connectivity index (χ0v) is 12.7. The van der Waals surface area contributed by atoms with Crippen LogP contribution in [-0.4, -0.2) is 4.55 Å². The SMILES string of the molecule is Cc1c(F)c(F)c(F)c(F)c1C=C[S+]([O-])Cc1ccc(F)cc1. The van der Waals surface area contributed by atoms with Gasteiger partial charge in [-0.2, -0.15) is 0 Å². The van der Waals surface area contributed by atoms with Gasteiger partial charge in [-0.05, 0) is 41.9 Å². The van der Waals surface area contributed by atoms with E-state index < -0.39 is 51.4 Å². The lowest BCUT2D eigenvalue weighted by atomic mass is 10.1. The minimum Gasteiger partial charge on any atom is -0.612 e. The first-order valence-electron chi connectivity index (χ1n) is 6.43. The second kappa shape index (κ2) is 7.14. The third-order valence-electron chi connectivity index (χ3n) is 3.16. The van der Waals surface area contributed by atoms with E-state index in [-0.39, 0.29) is 5.75 Å². The summed E-state index contributed by atoms with van der Waals surface area (Å²) in [4.78, 5) is 0. The van der Waals surface area contributed by atoms with Gasteiger partial charge in [0.15, 0.2) is 23.3 Å². The molecule has 0 radical (unpaired) electrons. The number of hydrogen-bond acceptors (Lipinski definition) is 1. The third-order valence-corrected chi connectivity index (χ3v) is 4.21. The first-order valence-corrected chi connectivity index (χ1v) is 7.81. The molecule has 0 aliphatic heterocycles. The molecule has 0 saturated heterocycles. The first kappa shape index (κ1) is 17.5. The Morgan fingerprint density at radius 1 is 0.913 bits per heavy atom. The van der Waals surface area contributed by atoms with Crippen LogP contribution in [0.2, 0.25) is 0 Å². The van der Waals surface area contributed by atoms with E-state index in [1.807, 2.05) is 0 Å². The van der Waals surface area contributed by atoms with Crippen LogP contribution in [0.15, 0.2) is 29.7 Å². The molecule has 1 atom stereocenters. The van der Waals surface area contributed by atoms with Gasteiger partial charge in [-0.3, -0.25) is 0 Å². The average Bonchev–Trinajstić information content (AvgIpc) is 2.53. The molecule has 0 aliphatic rings. The van der Waals surface area contributed by atoms with E-state index in [1.165, 1.54) is 24.3 Å². The summed E-state index contributed by atoms with van der Waals surface area (Å²) >= 11 is -1.62. The van der Waals surface area contributed by atoms with Crippen LogP contribution in [0.4, 0.5) is 22.0 Å². The van der Waals surface area contributed by atoms with Crippen molar-refractivity contribution in [1.82, 2.24) is 0 Å². The molecule has 0 amide bonds. The molecule has 122 valence electrons. The lowest BCUT2D eigenvalue weighted by Crippen LogP contribution is -2.04. The highest BCUT2D eigenvalue weighted by molar-refractivity contribution is 7.93. The maximum absolute atomic E-state index is 13.7. The minimum atomic E-state index is -1.92. The van der Waals surface area contributed by atoms with Gasteiger partial charge < -0.3 is 4.55 Å². The van der Waals surface area contributed by atoms with Gasteiger partial charge in [0.1, 0.15) is 17.0 Å². The molecule has 7 heteroatoms. The standard InChI is InChI=1S/C16H11F5OS/c1-9-12(14(19)16(21)15(20)13(9)18)6-7-23(22)8-10-2-4-11(17)5-3-10/h2-7H,8H2,1H3. The molecule has 0 bridgehead atoms. The molecule has 2 rings (SSSR count). The van der Waals surface area contributed by atoms with E-state index in [0.717, 1.165) is 18.4 Å². The summed E-state index contributed by atoms with van der Waals surface area (Å²) in [5.74, 6) is -7.26. The highest BCUT2D eigenvalue weighted by atomic mass is 32.2. The normalized spacial score (nSPS) is 12.8. The summed E-state index contributed by atoms with van der Waals surface area (Å²) < 4.78 is 78.0. The molecular formula is C16H11F5OS. The molecule has 2 aromatic carbocycles. The summed E-state index contributed by atoms with van der Waals surface area (Å²) in [6.45, 7) is 1.09. The minimum absolute atomic E-state index is 0.0175. The summed E-state index contributed by atoms with van der Waals surface area (Å²) in [5.41, 5.74) is -0.353. The fourth-order valence-electron chi connectivity index (χ4n) is 1.89. The molecule has 1 unspecified atom stereocenters. The number of hydrogen-bond donors (Lipinski definition) is 0. The Morgan fingerprint density at radius 3 is 2.09 bits per heavy atom. The summed E-state index contributed by atoms with van der Waals surface area (Å²) in [5, 5.41) is 1.05. The number of rotatable bonds is 4. The first-order chi connectivity index (χ1) is 10.8. The van der Waals surface area contributed by atoms with Gasteiger partial charge >= 0.3 is 0 Å². The number of halogens is 5. The fraction of sp³-hybridized carbons (Fsp3) is 0.125. The molecule has 0 spiro atoms. The second-order valence-corrected chi connectivity index (χ2v) is 6.07. The van der Waals surface area contributed by atoms with E-state index in [0.29, 0.717) is 5.56 Å². The molecule has 0 aliphatic carbocycles. The van der Waals surface area contributed by atoms with Crippen LogP contribution in [-0.2, 0) is 16.9 Å². The van der Waals surface area contributed by atoms with E-state index >= 15 is 0 Å². The molecule has 0 heterocycles. The van der Waals surface area contributed by atoms with E-state index in [4.69, 9.17) is 0 Å². The van der Waals surface area contributed by atoms with Crippen molar-refractivity contribution in [1.29, 1.82) is 0 Å². The van der Waals surface area contributed by atoms with Crippen molar-refractivity contribution in [3.8, 4) is 0 Å². The van der Waals surface area contributed by atoms with Crippen LogP contribution < -0.4 is 0 Å². The molecule has 1 nitrogen and oxygen atoms in total. The quantitative estimate of drug-likeness (QED) is 0.343. The van der Waals surface area contributed by atoms with Crippen molar-refractivity contribution in [2.75, 3.05) is 0 Å². The van der Waals surface area contributed by atoms with Crippen LogP contribution in [0.3, 0.4) is 0 Å². The smallest absolute Gasteiger partial charge is 0.198 e. The van der Waals surface area contributed by atoms with Gasteiger partial charge in [0.05, 0.1) is 0 Å². The Balaban J connectivity index is 2.21. The highest BCUT2D eigenvalue weighted by Crippen LogP contribution is 2.25. The van der Waals surface area contributed by atoms with Crippen LogP contribution in [0, 0.1) is 36.0 Å². The van der Waals surface area contributed by atoms with E-state index in [1.54, 1.807) is 0 Å². The van der Waals surface area contributed by atoms with Gasteiger partial charge in [0, 0.05) is 11.1 Å². The van der Waals surface area contributed by atoms with Crippen LogP contribution in [0.1, 0.15) is 16.7 Å². The van der Waals surface area contributed by atoms with Crippen LogP contribution in [0.25, 0.3) is 6.08 Å². The van der Waals surface area contributed by atoms with Gasteiger partial charge in [-0.15, -0.1) is 0 Å². The lowest BCUT2D eigenvalue weighted by molar-refractivity contribution is 0.405. The molecule has 23 heavy (non-hydrogen) atoms. The maximum atomic E-state index is 13.7. The monoisotopic (exact) mass is 346 g/mol. The molecule has 2 aromatic rings. The molecular weight excluding hydrogens is 335 g/mol. The highest BCUT2D eigenvalue weighted by Gasteiger charge is 2.22. The summed E-state index contributed by atoms with van der Waals surface area (Å²) in [6.07, 6.45) is 0.940. The second-order valence-electron chi connectivity index (χ2n) is 4.75. The van der Waals surface area contributed by atoms with Crippen molar-refractivity contribution in [3.63, 3.8) is 0 Å². The molecule has 0 fully saturated rings. The summed E-state index contributed by atoms with van der Waals surface area (Å²) in [6, 6.07) is 5.27. The maximum Gasteiger partial charge on any atom is 0.198 e. The van der Waals surface area contributed by atoms with Gasteiger partial charge in [-0.1, -0.05) is 12.1 Å². The topological polar surface area (TPSA) is 23.1 Å². The largest absolute Gasteiger partial charge is 0.612 e. The Morgan fingerprint density at radius 2 is 1.48 bits per heavy atom. The third kappa shape index (κ3) is 3.92. The van der Waals surface area contributed by atoms with Crippen LogP contribution >= 0.6 is 0 Å². The predicted molar refractivity (Wildman–Crippen MR) is 78.3 cm³/mol. The Labute approximate surface area is 132 Å². The predicted octanol–water partition coefficient (Wildman–Crippen LogP) is 4.61. The Kier molecular flexibility index (Phi) is 5.43. The number of benzene rings is 2. The average molecular weight is 346 g/mol.